The van der Waals surface area contributed by atoms with Crippen LogP contribution < -0.4 is 5.32 Å². The van der Waals surface area contributed by atoms with Crippen molar-refractivity contribution in [3.63, 3.8) is 0 Å². The van der Waals surface area contributed by atoms with Crippen LogP contribution in [0.25, 0.3) is 0 Å². The van der Waals surface area contributed by atoms with Crippen LogP contribution in [0.1, 0.15) is 53.4 Å². The SMILES string of the molecule is CCCC(NCC)C(CC)(CC)N(C)C. The third-order valence-corrected chi connectivity index (χ3v) is 3.79. The summed E-state index contributed by atoms with van der Waals surface area (Å²) in [7, 11) is 4.43. The predicted octanol–water partition coefficient (Wildman–Crippen LogP) is 2.89. The fourth-order valence-electron chi connectivity index (χ4n) is 2.78. The van der Waals surface area contributed by atoms with Gasteiger partial charge in [-0.2, -0.15) is 0 Å². The Labute approximate surface area is 96.4 Å². The van der Waals surface area contributed by atoms with E-state index in [4.69, 9.17) is 0 Å². The summed E-state index contributed by atoms with van der Waals surface area (Å²) in [6.07, 6.45) is 4.96. The van der Waals surface area contributed by atoms with Crippen LogP contribution in [-0.2, 0) is 0 Å². The third kappa shape index (κ3) is 3.46. The molecule has 0 aromatic carbocycles. The molecule has 0 radical (unpaired) electrons. The Morgan fingerprint density at radius 2 is 1.60 bits per heavy atom. The van der Waals surface area contributed by atoms with E-state index in [1.54, 1.807) is 0 Å². The van der Waals surface area contributed by atoms with Crippen LogP contribution in [0.4, 0.5) is 0 Å². The maximum Gasteiger partial charge on any atom is 0.0351 e. The summed E-state index contributed by atoms with van der Waals surface area (Å²) in [6, 6.07) is 0.623. The zero-order chi connectivity index (χ0) is 11.9. The van der Waals surface area contributed by atoms with Crippen LogP contribution in [0.3, 0.4) is 0 Å². The van der Waals surface area contributed by atoms with Crippen molar-refractivity contribution in [3.05, 3.63) is 0 Å². The Hall–Kier alpha value is -0.0800. The van der Waals surface area contributed by atoms with Crippen molar-refractivity contribution in [1.29, 1.82) is 0 Å². The topological polar surface area (TPSA) is 15.3 Å². The van der Waals surface area contributed by atoms with Gasteiger partial charge in [-0.3, -0.25) is 0 Å². The number of hydrogen-bond acceptors (Lipinski definition) is 2. The smallest absolute Gasteiger partial charge is 0.0351 e. The van der Waals surface area contributed by atoms with E-state index in [1.165, 1.54) is 25.7 Å². The first-order valence-electron chi connectivity index (χ1n) is 6.49. The second-order valence-corrected chi connectivity index (χ2v) is 4.60. The maximum absolute atomic E-state index is 3.67. The minimum Gasteiger partial charge on any atom is -0.312 e. The highest BCUT2D eigenvalue weighted by molar-refractivity contribution is 4.96. The molecule has 0 rings (SSSR count). The molecule has 0 amide bonds. The van der Waals surface area contributed by atoms with Gasteiger partial charge in [0.15, 0.2) is 0 Å². The highest BCUT2D eigenvalue weighted by Gasteiger charge is 2.36. The van der Waals surface area contributed by atoms with Crippen molar-refractivity contribution in [2.75, 3.05) is 20.6 Å². The van der Waals surface area contributed by atoms with E-state index < -0.39 is 0 Å². The van der Waals surface area contributed by atoms with Gasteiger partial charge in [-0.25, -0.2) is 0 Å². The standard InChI is InChI=1S/C13H30N2/c1-7-11-12(14-10-4)13(8-2,9-3)15(5)6/h12,14H,7-11H2,1-6H3. The highest BCUT2D eigenvalue weighted by atomic mass is 15.2. The van der Waals surface area contributed by atoms with E-state index in [0.29, 0.717) is 11.6 Å². The van der Waals surface area contributed by atoms with Gasteiger partial charge in [0.1, 0.15) is 0 Å². The fraction of sp³-hybridized carbons (Fsp3) is 1.00. The monoisotopic (exact) mass is 214 g/mol. The molecule has 0 saturated heterocycles. The second kappa shape index (κ2) is 7.24. The first-order chi connectivity index (χ1) is 7.08. The lowest BCUT2D eigenvalue weighted by Crippen LogP contribution is -2.58. The molecule has 0 aliphatic heterocycles. The average molecular weight is 214 g/mol. The summed E-state index contributed by atoms with van der Waals surface area (Å²) in [5.74, 6) is 0. The van der Waals surface area contributed by atoms with Gasteiger partial charge in [0.25, 0.3) is 0 Å². The normalized spacial score (nSPS) is 14.6. The third-order valence-electron chi connectivity index (χ3n) is 3.79. The largest absolute Gasteiger partial charge is 0.312 e. The Kier molecular flexibility index (Phi) is 7.20. The summed E-state index contributed by atoms with van der Waals surface area (Å²) in [6.45, 7) is 10.2. The molecule has 0 bridgehead atoms. The molecule has 0 aromatic heterocycles. The molecule has 0 saturated carbocycles. The van der Waals surface area contributed by atoms with Gasteiger partial charge in [0.05, 0.1) is 0 Å². The Morgan fingerprint density at radius 3 is 1.87 bits per heavy atom. The van der Waals surface area contributed by atoms with Crippen molar-refractivity contribution >= 4 is 0 Å². The van der Waals surface area contributed by atoms with Crippen molar-refractivity contribution < 1.29 is 0 Å². The molecule has 15 heavy (non-hydrogen) atoms. The van der Waals surface area contributed by atoms with Gasteiger partial charge < -0.3 is 10.2 Å². The minimum absolute atomic E-state index is 0.325. The summed E-state index contributed by atoms with van der Waals surface area (Å²) in [5, 5.41) is 3.67. The molecular weight excluding hydrogens is 184 g/mol. The molecule has 2 heteroatoms. The lowest BCUT2D eigenvalue weighted by atomic mass is 9.81. The molecule has 0 aliphatic carbocycles. The van der Waals surface area contributed by atoms with Crippen LogP contribution in [0.5, 0.6) is 0 Å². The Balaban J connectivity index is 4.79. The molecule has 0 fully saturated rings. The van der Waals surface area contributed by atoms with E-state index in [9.17, 15) is 0 Å². The zero-order valence-corrected chi connectivity index (χ0v) is 11.6. The van der Waals surface area contributed by atoms with Crippen LogP contribution >= 0.6 is 0 Å². The fourth-order valence-corrected chi connectivity index (χ4v) is 2.78. The second-order valence-electron chi connectivity index (χ2n) is 4.60. The first-order valence-corrected chi connectivity index (χ1v) is 6.49. The quantitative estimate of drug-likeness (QED) is 0.668. The number of likely N-dealkylation sites (N-methyl/N-ethyl adjacent to an activating group) is 2. The summed E-state index contributed by atoms with van der Waals surface area (Å²) in [4.78, 5) is 2.41. The molecule has 92 valence electrons. The lowest BCUT2D eigenvalue weighted by molar-refractivity contribution is 0.0845. The average Bonchev–Trinajstić information content (AvgIpc) is 2.20. The van der Waals surface area contributed by atoms with Crippen LogP contribution in [0, 0.1) is 0 Å². The van der Waals surface area contributed by atoms with Crippen molar-refractivity contribution in [2.24, 2.45) is 0 Å². The molecule has 0 aromatic rings. The summed E-state index contributed by atoms with van der Waals surface area (Å²) < 4.78 is 0. The maximum atomic E-state index is 3.67. The molecule has 0 spiro atoms. The molecule has 0 heterocycles. The van der Waals surface area contributed by atoms with Gasteiger partial charge in [0.2, 0.25) is 0 Å². The van der Waals surface area contributed by atoms with E-state index in [0.717, 1.165) is 6.54 Å². The van der Waals surface area contributed by atoms with Crippen LogP contribution in [-0.4, -0.2) is 37.1 Å². The van der Waals surface area contributed by atoms with Crippen LogP contribution in [0.2, 0.25) is 0 Å². The zero-order valence-electron chi connectivity index (χ0n) is 11.6. The first kappa shape index (κ1) is 14.9. The summed E-state index contributed by atoms with van der Waals surface area (Å²) >= 11 is 0. The minimum atomic E-state index is 0.325. The number of nitrogens with zero attached hydrogens (tertiary/aromatic N) is 1. The number of rotatable bonds is 8. The van der Waals surface area contributed by atoms with Crippen molar-refractivity contribution in [3.8, 4) is 0 Å². The van der Waals surface area contributed by atoms with E-state index in [-0.39, 0.29) is 0 Å². The lowest BCUT2D eigenvalue weighted by Gasteiger charge is -2.45. The predicted molar refractivity (Wildman–Crippen MR) is 69.4 cm³/mol. The van der Waals surface area contributed by atoms with E-state index in [1.807, 2.05) is 0 Å². The molecular formula is C13H30N2. The van der Waals surface area contributed by atoms with E-state index >= 15 is 0 Å². The van der Waals surface area contributed by atoms with Gasteiger partial charge in [-0.15, -0.1) is 0 Å². The molecule has 1 atom stereocenters. The van der Waals surface area contributed by atoms with Gasteiger partial charge in [0, 0.05) is 11.6 Å². The number of nitrogens with one attached hydrogen (secondary N) is 1. The van der Waals surface area contributed by atoms with Gasteiger partial charge in [-0.05, 0) is 39.9 Å². The summed E-state index contributed by atoms with van der Waals surface area (Å²) in [5.41, 5.74) is 0.325. The Bertz CT molecular complexity index is 145. The van der Waals surface area contributed by atoms with Gasteiger partial charge in [-0.1, -0.05) is 34.1 Å². The van der Waals surface area contributed by atoms with Crippen molar-refractivity contribution in [2.45, 2.75) is 65.0 Å². The molecule has 2 nitrogen and oxygen atoms in total. The van der Waals surface area contributed by atoms with E-state index in [2.05, 4.69) is 52.0 Å². The molecule has 0 aliphatic rings. The number of hydrogen-bond donors (Lipinski definition) is 1. The molecule has 1 unspecified atom stereocenters. The van der Waals surface area contributed by atoms with Gasteiger partial charge >= 0.3 is 0 Å². The molecule has 1 N–H and O–H groups in total. The van der Waals surface area contributed by atoms with Crippen molar-refractivity contribution in [1.82, 2.24) is 10.2 Å². The highest BCUT2D eigenvalue weighted by Crippen LogP contribution is 2.28. The Morgan fingerprint density at radius 1 is 1.07 bits per heavy atom. The van der Waals surface area contributed by atoms with Crippen LogP contribution in [0.15, 0.2) is 0 Å².